The van der Waals surface area contributed by atoms with Crippen molar-refractivity contribution < 1.29 is 8.42 Å². The summed E-state index contributed by atoms with van der Waals surface area (Å²) in [7, 11) is -3.49. The number of hydrogen-bond donors (Lipinski definition) is 0. The molecule has 0 aromatic carbocycles. The van der Waals surface area contributed by atoms with E-state index < -0.39 is 15.1 Å². The molecule has 0 saturated carbocycles. The first kappa shape index (κ1) is 7.93. The SMILES string of the molecule is CS(=O)(=O)C(C#N)C#N. The first-order valence-electron chi connectivity index (χ1n) is 2.00. The third-order valence-electron chi connectivity index (χ3n) is 0.663. The monoisotopic (exact) mass is 144 g/mol. The summed E-state index contributed by atoms with van der Waals surface area (Å²) in [5.41, 5.74) is 0. The van der Waals surface area contributed by atoms with Gasteiger partial charge in [0.15, 0.2) is 9.84 Å². The Morgan fingerprint density at radius 1 is 1.33 bits per heavy atom. The van der Waals surface area contributed by atoms with Gasteiger partial charge in [-0.05, 0) is 0 Å². The first-order valence-corrected chi connectivity index (χ1v) is 3.96. The van der Waals surface area contributed by atoms with Crippen molar-refractivity contribution in [3.05, 3.63) is 0 Å². The zero-order valence-electron chi connectivity index (χ0n) is 4.70. The molecule has 9 heavy (non-hydrogen) atoms. The summed E-state index contributed by atoms with van der Waals surface area (Å²) in [6.45, 7) is 0. The van der Waals surface area contributed by atoms with Crippen LogP contribution in [0, 0.1) is 22.7 Å². The van der Waals surface area contributed by atoms with Gasteiger partial charge in [-0.1, -0.05) is 0 Å². The molecular formula is C4H4N2O2S. The zero-order valence-corrected chi connectivity index (χ0v) is 5.51. The summed E-state index contributed by atoms with van der Waals surface area (Å²) in [4.78, 5) is 0. The largest absolute Gasteiger partial charge is 0.233 e. The van der Waals surface area contributed by atoms with Crippen LogP contribution in [0.3, 0.4) is 0 Å². The van der Waals surface area contributed by atoms with E-state index in [1.807, 2.05) is 0 Å². The predicted octanol–water partition coefficient (Wildman–Crippen LogP) is -0.553. The molecule has 0 heterocycles. The molecule has 0 saturated heterocycles. The van der Waals surface area contributed by atoms with E-state index in [1.54, 1.807) is 0 Å². The highest BCUT2D eigenvalue weighted by Crippen LogP contribution is 1.93. The third-order valence-corrected chi connectivity index (χ3v) is 1.73. The molecular weight excluding hydrogens is 140 g/mol. The van der Waals surface area contributed by atoms with Gasteiger partial charge in [-0.25, -0.2) is 8.42 Å². The molecule has 0 aliphatic rings. The molecule has 0 rings (SSSR count). The van der Waals surface area contributed by atoms with Crippen LogP contribution in [-0.2, 0) is 9.84 Å². The lowest BCUT2D eigenvalue weighted by Gasteiger charge is -1.90. The van der Waals surface area contributed by atoms with Crippen molar-refractivity contribution in [2.75, 3.05) is 6.26 Å². The van der Waals surface area contributed by atoms with E-state index in [4.69, 9.17) is 10.5 Å². The van der Waals surface area contributed by atoms with Crippen LogP contribution < -0.4 is 0 Å². The first-order chi connectivity index (χ1) is 4.02. The Balaban J connectivity index is 4.65. The van der Waals surface area contributed by atoms with E-state index in [2.05, 4.69) is 0 Å². The fourth-order valence-electron chi connectivity index (χ4n) is 0.220. The topological polar surface area (TPSA) is 81.7 Å². The predicted molar refractivity (Wildman–Crippen MR) is 29.9 cm³/mol. The van der Waals surface area contributed by atoms with Gasteiger partial charge >= 0.3 is 0 Å². The van der Waals surface area contributed by atoms with Gasteiger partial charge in [0.2, 0.25) is 5.25 Å². The number of nitrogens with zero attached hydrogens (tertiary/aromatic N) is 2. The van der Waals surface area contributed by atoms with Gasteiger partial charge in [0.05, 0.1) is 12.1 Å². The van der Waals surface area contributed by atoms with Crippen molar-refractivity contribution in [1.29, 1.82) is 10.5 Å². The maximum absolute atomic E-state index is 10.3. The van der Waals surface area contributed by atoms with E-state index in [0.717, 1.165) is 6.26 Å². The molecule has 4 nitrogen and oxygen atoms in total. The van der Waals surface area contributed by atoms with Crippen LogP contribution in [0.2, 0.25) is 0 Å². The second-order valence-corrected chi connectivity index (χ2v) is 3.60. The van der Waals surface area contributed by atoms with Crippen molar-refractivity contribution in [2.45, 2.75) is 5.25 Å². The van der Waals surface area contributed by atoms with E-state index in [9.17, 15) is 8.42 Å². The minimum atomic E-state index is -3.49. The highest BCUT2D eigenvalue weighted by molar-refractivity contribution is 7.91. The van der Waals surface area contributed by atoms with Gasteiger partial charge in [-0.15, -0.1) is 0 Å². The molecule has 0 atom stereocenters. The normalized spacial score (nSPS) is 10.2. The molecule has 0 aromatic rings. The number of sulfone groups is 1. The molecule has 0 aliphatic carbocycles. The molecule has 0 aromatic heterocycles. The highest BCUT2D eigenvalue weighted by atomic mass is 32.2. The Hall–Kier alpha value is -1.07. The maximum Gasteiger partial charge on any atom is 0.233 e. The summed E-state index contributed by atoms with van der Waals surface area (Å²) < 4.78 is 20.7. The smallest absolute Gasteiger partial charge is 0.227 e. The maximum atomic E-state index is 10.3. The van der Waals surface area contributed by atoms with Gasteiger partial charge in [0, 0.05) is 6.26 Å². The summed E-state index contributed by atoms with van der Waals surface area (Å²) in [6, 6.07) is 2.69. The van der Waals surface area contributed by atoms with Gasteiger partial charge in [0.25, 0.3) is 0 Å². The van der Waals surface area contributed by atoms with Crippen LogP contribution in [0.15, 0.2) is 0 Å². The van der Waals surface area contributed by atoms with Gasteiger partial charge < -0.3 is 0 Å². The summed E-state index contributed by atoms with van der Waals surface area (Å²) >= 11 is 0. The summed E-state index contributed by atoms with van der Waals surface area (Å²) in [6.07, 6.45) is 0.851. The molecule has 0 bridgehead atoms. The fraction of sp³-hybridized carbons (Fsp3) is 0.500. The molecule has 0 aliphatic heterocycles. The average Bonchev–Trinajstić information content (AvgIpc) is 1.65. The molecule has 0 fully saturated rings. The number of hydrogen-bond acceptors (Lipinski definition) is 4. The van der Waals surface area contributed by atoms with E-state index in [-0.39, 0.29) is 0 Å². The van der Waals surface area contributed by atoms with Crippen molar-refractivity contribution in [3.63, 3.8) is 0 Å². The lowest BCUT2D eigenvalue weighted by atomic mass is 10.5. The fourth-order valence-corrected chi connectivity index (χ4v) is 0.603. The van der Waals surface area contributed by atoms with Crippen molar-refractivity contribution in [2.24, 2.45) is 0 Å². The quantitative estimate of drug-likeness (QED) is 0.494. The van der Waals surface area contributed by atoms with Gasteiger partial charge in [0.1, 0.15) is 0 Å². The van der Waals surface area contributed by atoms with Crippen molar-refractivity contribution in [3.8, 4) is 12.1 Å². The zero-order chi connectivity index (χ0) is 7.49. The Bertz CT molecular complexity index is 252. The van der Waals surface area contributed by atoms with Crippen LogP contribution in [-0.4, -0.2) is 19.9 Å². The lowest BCUT2D eigenvalue weighted by molar-refractivity contribution is 0.601. The molecule has 0 spiro atoms. The molecule has 48 valence electrons. The summed E-state index contributed by atoms with van der Waals surface area (Å²) in [5, 5.41) is 14.5. The molecule has 0 N–H and O–H groups in total. The van der Waals surface area contributed by atoms with E-state index in [0.29, 0.717) is 0 Å². The lowest BCUT2D eigenvalue weighted by Crippen LogP contribution is -2.14. The Labute approximate surface area is 53.2 Å². The van der Waals surface area contributed by atoms with Crippen LogP contribution in [0.1, 0.15) is 0 Å². The van der Waals surface area contributed by atoms with Gasteiger partial charge in [-0.2, -0.15) is 10.5 Å². The van der Waals surface area contributed by atoms with E-state index >= 15 is 0 Å². The van der Waals surface area contributed by atoms with Crippen LogP contribution in [0.5, 0.6) is 0 Å². The Morgan fingerprint density at radius 2 is 1.67 bits per heavy atom. The molecule has 0 unspecified atom stereocenters. The second kappa shape index (κ2) is 2.47. The molecule has 0 radical (unpaired) electrons. The van der Waals surface area contributed by atoms with Crippen LogP contribution in [0.4, 0.5) is 0 Å². The minimum Gasteiger partial charge on any atom is -0.227 e. The molecule has 5 heteroatoms. The molecule has 0 amide bonds. The second-order valence-electron chi connectivity index (χ2n) is 1.47. The Kier molecular flexibility index (Phi) is 2.18. The minimum absolute atomic E-state index is 0.851. The average molecular weight is 144 g/mol. The number of rotatable bonds is 1. The van der Waals surface area contributed by atoms with Gasteiger partial charge in [-0.3, -0.25) is 0 Å². The third kappa shape index (κ3) is 2.11. The Morgan fingerprint density at radius 3 is 1.67 bits per heavy atom. The van der Waals surface area contributed by atoms with Crippen LogP contribution in [0.25, 0.3) is 0 Å². The van der Waals surface area contributed by atoms with E-state index in [1.165, 1.54) is 12.1 Å². The highest BCUT2D eigenvalue weighted by Gasteiger charge is 2.17. The van der Waals surface area contributed by atoms with Crippen LogP contribution >= 0.6 is 0 Å². The summed E-state index contributed by atoms with van der Waals surface area (Å²) in [5.74, 6) is 0. The van der Waals surface area contributed by atoms with Crippen molar-refractivity contribution >= 4 is 9.84 Å². The van der Waals surface area contributed by atoms with Crippen molar-refractivity contribution in [1.82, 2.24) is 0 Å². The number of nitriles is 2. The standard InChI is InChI=1S/C4H4N2O2S/c1-9(7,8)4(2-5)3-6/h4H,1H3.